The number of likely N-dealkylation sites (tertiary alicyclic amines) is 1. The third-order valence-electron chi connectivity index (χ3n) is 3.58. The first-order valence-electron chi connectivity index (χ1n) is 8.16. The van der Waals surface area contributed by atoms with Gasteiger partial charge in [-0.1, -0.05) is 24.1 Å². The maximum Gasteiger partial charge on any atom is 0.410 e. The minimum atomic E-state index is -0.490. The molecule has 128 valence electrons. The number of hydrogen-bond acceptors (Lipinski definition) is 3. The Kier molecular flexibility index (Phi) is 5.86. The molecule has 1 saturated heterocycles. The number of hydrogen-bond donors (Lipinski definition) is 1. The van der Waals surface area contributed by atoms with E-state index in [0.717, 1.165) is 12.0 Å². The van der Waals surface area contributed by atoms with E-state index in [1.165, 1.54) is 0 Å². The maximum absolute atomic E-state index is 12.0. The Morgan fingerprint density at radius 2 is 2.00 bits per heavy atom. The molecule has 0 saturated carbocycles. The van der Waals surface area contributed by atoms with Gasteiger partial charge in [0.1, 0.15) is 5.60 Å². The number of ether oxygens (including phenoxy) is 1. The van der Waals surface area contributed by atoms with E-state index in [2.05, 4.69) is 17.2 Å². The van der Waals surface area contributed by atoms with Gasteiger partial charge >= 0.3 is 6.09 Å². The van der Waals surface area contributed by atoms with Crippen molar-refractivity contribution in [1.82, 2.24) is 10.2 Å². The fourth-order valence-corrected chi connectivity index (χ4v) is 2.42. The molecule has 1 aromatic rings. The highest BCUT2D eigenvalue weighted by molar-refractivity contribution is 5.94. The van der Waals surface area contributed by atoms with Gasteiger partial charge in [-0.3, -0.25) is 4.79 Å². The van der Waals surface area contributed by atoms with Gasteiger partial charge in [-0.25, -0.2) is 4.79 Å². The molecule has 0 aliphatic carbocycles. The zero-order valence-electron chi connectivity index (χ0n) is 14.5. The highest BCUT2D eigenvalue weighted by Gasteiger charge is 2.29. The summed E-state index contributed by atoms with van der Waals surface area (Å²) in [5.41, 5.74) is 0.320. The van der Waals surface area contributed by atoms with Gasteiger partial charge in [0, 0.05) is 31.1 Å². The third kappa shape index (κ3) is 5.96. The minimum absolute atomic E-state index is 0.236. The second-order valence-corrected chi connectivity index (χ2v) is 6.91. The van der Waals surface area contributed by atoms with Crippen LogP contribution in [-0.4, -0.2) is 42.1 Å². The highest BCUT2D eigenvalue weighted by Crippen LogP contribution is 2.18. The topological polar surface area (TPSA) is 58.6 Å². The molecule has 0 radical (unpaired) electrons. The van der Waals surface area contributed by atoms with Crippen molar-refractivity contribution in [2.24, 2.45) is 5.92 Å². The lowest BCUT2D eigenvalue weighted by Crippen LogP contribution is -2.36. The Morgan fingerprint density at radius 1 is 1.29 bits per heavy atom. The molecule has 0 unspecified atom stereocenters. The molecule has 5 nitrogen and oxygen atoms in total. The van der Waals surface area contributed by atoms with Gasteiger partial charge in [-0.15, -0.1) is 0 Å². The van der Waals surface area contributed by atoms with E-state index >= 15 is 0 Å². The van der Waals surface area contributed by atoms with E-state index in [0.29, 0.717) is 19.6 Å². The average Bonchev–Trinajstić information content (AvgIpc) is 2.99. The summed E-state index contributed by atoms with van der Waals surface area (Å²) in [6.45, 7) is 7.33. The second-order valence-electron chi connectivity index (χ2n) is 6.91. The molecular weight excluding hydrogens is 304 g/mol. The molecule has 1 aliphatic heterocycles. The number of amides is 2. The number of rotatable bonds is 2. The average molecular weight is 328 g/mol. The van der Waals surface area contributed by atoms with Crippen molar-refractivity contribution in [3.63, 3.8) is 0 Å². The zero-order chi connectivity index (χ0) is 17.6. The van der Waals surface area contributed by atoms with Crippen LogP contribution in [0.4, 0.5) is 4.79 Å². The first-order chi connectivity index (χ1) is 11.3. The normalized spacial score (nSPS) is 17.0. The molecule has 1 fully saturated rings. The molecule has 1 N–H and O–H groups in total. The summed E-state index contributed by atoms with van der Waals surface area (Å²) in [7, 11) is 0. The fourth-order valence-electron chi connectivity index (χ4n) is 2.42. The van der Waals surface area contributed by atoms with Crippen LogP contribution in [0.2, 0.25) is 0 Å². The van der Waals surface area contributed by atoms with Gasteiger partial charge in [0.2, 0.25) is 0 Å². The summed E-state index contributed by atoms with van der Waals surface area (Å²) >= 11 is 0. The third-order valence-corrected chi connectivity index (χ3v) is 3.58. The zero-order valence-corrected chi connectivity index (χ0v) is 14.5. The van der Waals surface area contributed by atoms with Crippen molar-refractivity contribution < 1.29 is 14.3 Å². The van der Waals surface area contributed by atoms with Crippen LogP contribution < -0.4 is 5.32 Å². The Hall–Kier alpha value is -2.48. The van der Waals surface area contributed by atoms with Crippen LogP contribution in [0.1, 0.15) is 32.8 Å². The number of carbonyl (C=O) groups excluding carboxylic acids is 2. The summed E-state index contributed by atoms with van der Waals surface area (Å²) in [5, 5.41) is 2.81. The van der Waals surface area contributed by atoms with E-state index < -0.39 is 5.60 Å². The van der Waals surface area contributed by atoms with Crippen LogP contribution in [0.25, 0.3) is 0 Å². The first kappa shape index (κ1) is 17.9. The van der Waals surface area contributed by atoms with Crippen LogP contribution in [0.3, 0.4) is 0 Å². The summed E-state index contributed by atoms with van der Waals surface area (Å²) in [6, 6.07) is 9.38. The monoisotopic (exact) mass is 328 g/mol. The van der Waals surface area contributed by atoms with Crippen molar-refractivity contribution in [1.29, 1.82) is 0 Å². The lowest BCUT2D eigenvalue weighted by atomic mass is 10.1. The molecule has 1 aromatic carbocycles. The Balaban J connectivity index is 1.75. The van der Waals surface area contributed by atoms with Gasteiger partial charge in [0.15, 0.2) is 0 Å². The van der Waals surface area contributed by atoms with Crippen LogP contribution in [0, 0.1) is 17.8 Å². The number of carbonyl (C=O) groups is 2. The van der Waals surface area contributed by atoms with E-state index in [4.69, 9.17) is 4.74 Å². The summed E-state index contributed by atoms with van der Waals surface area (Å²) in [4.78, 5) is 25.5. The fraction of sp³-hybridized carbons (Fsp3) is 0.474. The number of benzene rings is 1. The Bertz CT molecular complexity index is 638. The molecule has 2 amide bonds. The van der Waals surface area contributed by atoms with Crippen LogP contribution in [-0.2, 0) is 9.53 Å². The molecule has 24 heavy (non-hydrogen) atoms. The minimum Gasteiger partial charge on any atom is -0.444 e. The van der Waals surface area contributed by atoms with Gasteiger partial charge in [-0.2, -0.15) is 0 Å². The molecule has 5 heteroatoms. The van der Waals surface area contributed by atoms with Crippen LogP contribution in [0.15, 0.2) is 30.3 Å². The molecule has 2 rings (SSSR count). The van der Waals surface area contributed by atoms with Crippen LogP contribution in [0.5, 0.6) is 0 Å². The molecule has 1 atom stereocenters. The van der Waals surface area contributed by atoms with Crippen molar-refractivity contribution in [3.8, 4) is 11.8 Å². The van der Waals surface area contributed by atoms with Crippen molar-refractivity contribution in [2.75, 3.05) is 19.6 Å². The maximum atomic E-state index is 12.0. The summed E-state index contributed by atoms with van der Waals surface area (Å²) in [6.07, 6.45) is 0.561. The standard InChI is InChI=1S/C19H24N2O3/c1-19(2,3)24-18(23)21-12-11-16(14-21)13-20-17(22)10-9-15-7-5-4-6-8-15/h4-8,16H,11-14H2,1-3H3,(H,20,22)/t16-/m1/s1. The van der Waals surface area contributed by atoms with Gasteiger partial charge in [0.25, 0.3) is 5.91 Å². The summed E-state index contributed by atoms with van der Waals surface area (Å²) < 4.78 is 5.36. The van der Waals surface area contributed by atoms with E-state index in [9.17, 15) is 9.59 Å². The molecule has 0 bridgehead atoms. The van der Waals surface area contributed by atoms with Gasteiger partial charge < -0.3 is 15.0 Å². The lowest BCUT2D eigenvalue weighted by molar-refractivity contribution is -0.115. The SMILES string of the molecule is CC(C)(C)OC(=O)N1CC[C@H](CNC(=O)C#Cc2ccccc2)C1. The second kappa shape index (κ2) is 7.87. The number of nitrogens with one attached hydrogen (secondary N) is 1. The highest BCUT2D eigenvalue weighted by atomic mass is 16.6. The molecule has 0 spiro atoms. The quantitative estimate of drug-likeness (QED) is 0.848. The van der Waals surface area contributed by atoms with Gasteiger partial charge in [0.05, 0.1) is 0 Å². The largest absolute Gasteiger partial charge is 0.444 e. The molecule has 0 aromatic heterocycles. The predicted molar refractivity (Wildman–Crippen MR) is 92.2 cm³/mol. The smallest absolute Gasteiger partial charge is 0.410 e. The van der Waals surface area contributed by atoms with Crippen LogP contribution >= 0.6 is 0 Å². The van der Waals surface area contributed by atoms with E-state index in [1.807, 2.05) is 51.1 Å². The molecular formula is C19H24N2O3. The van der Waals surface area contributed by atoms with E-state index in [1.54, 1.807) is 4.90 Å². The lowest BCUT2D eigenvalue weighted by Gasteiger charge is -2.24. The predicted octanol–water partition coefficient (Wildman–Crippen LogP) is 2.41. The van der Waals surface area contributed by atoms with Crippen molar-refractivity contribution >= 4 is 12.0 Å². The Morgan fingerprint density at radius 3 is 2.67 bits per heavy atom. The first-order valence-corrected chi connectivity index (χ1v) is 8.16. The molecule has 1 heterocycles. The summed E-state index contributed by atoms with van der Waals surface area (Å²) in [5.74, 6) is 5.35. The Labute approximate surface area is 143 Å². The van der Waals surface area contributed by atoms with Crippen molar-refractivity contribution in [3.05, 3.63) is 35.9 Å². The molecule has 1 aliphatic rings. The van der Waals surface area contributed by atoms with E-state index in [-0.39, 0.29) is 17.9 Å². The van der Waals surface area contributed by atoms with Crippen molar-refractivity contribution in [2.45, 2.75) is 32.8 Å². The number of nitrogens with zero attached hydrogens (tertiary/aromatic N) is 1. The van der Waals surface area contributed by atoms with Gasteiger partial charge in [-0.05, 0) is 45.2 Å².